The van der Waals surface area contributed by atoms with Crippen molar-refractivity contribution in [2.45, 2.75) is 19.9 Å². The lowest BCUT2D eigenvalue weighted by molar-refractivity contribution is -0.123. The van der Waals surface area contributed by atoms with Crippen molar-refractivity contribution in [2.75, 3.05) is 32.1 Å². The topological polar surface area (TPSA) is 70.7 Å². The van der Waals surface area contributed by atoms with Crippen molar-refractivity contribution in [1.82, 2.24) is 10.2 Å². The Kier molecular flexibility index (Phi) is 8.29. The summed E-state index contributed by atoms with van der Waals surface area (Å²) in [5.74, 6) is 0.230. The highest BCUT2D eigenvalue weighted by atomic mass is 35.5. The van der Waals surface area contributed by atoms with Crippen LogP contribution < -0.4 is 15.4 Å². The highest BCUT2D eigenvalue weighted by molar-refractivity contribution is 6.30. The molecule has 2 N–H and O–H groups in total. The van der Waals surface area contributed by atoms with Crippen molar-refractivity contribution in [3.8, 4) is 5.75 Å². The lowest BCUT2D eigenvalue weighted by Gasteiger charge is -2.21. The van der Waals surface area contributed by atoms with Crippen molar-refractivity contribution in [1.29, 1.82) is 0 Å². The van der Waals surface area contributed by atoms with Crippen LogP contribution in [-0.4, -0.2) is 43.5 Å². The van der Waals surface area contributed by atoms with Gasteiger partial charge in [0.15, 0.2) is 0 Å². The summed E-state index contributed by atoms with van der Waals surface area (Å²) < 4.78 is 5.23. The zero-order chi connectivity index (χ0) is 20.5. The molecule has 2 aromatic carbocycles. The smallest absolute Gasteiger partial charge is 0.238 e. The Balaban J connectivity index is 1.88. The Morgan fingerprint density at radius 1 is 1.11 bits per heavy atom. The minimum absolute atomic E-state index is 0.105. The van der Waals surface area contributed by atoms with Gasteiger partial charge in [-0.05, 0) is 43.3 Å². The maximum Gasteiger partial charge on any atom is 0.238 e. The Labute approximate surface area is 170 Å². The van der Waals surface area contributed by atoms with E-state index in [9.17, 15) is 9.59 Å². The van der Waals surface area contributed by atoms with Gasteiger partial charge in [0.05, 0.1) is 31.9 Å². The molecule has 0 spiro atoms. The summed E-state index contributed by atoms with van der Waals surface area (Å²) in [6.45, 7) is 4.60. The predicted octanol–water partition coefficient (Wildman–Crippen LogP) is 3.49. The van der Waals surface area contributed by atoms with E-state index in [0.29, 0.717) is 23.0 Å². The van der Waals surface area contributed by atoms with Gasteiger partial charge in [-0.25, -0.2) is 0 Å². The highest BCUT2D eigenvalue weighted by Gasteiger charge is 2.16. The molecule has 1 atom stereocenters. The van der Waals surface area contributed by atoms with Gasteiger partial charge in [0.1, 0.15) is 5.75 Å². The molecule has 0 saturated heterocycles. The summed E-state index contributed by atoms with van der Waals surface area (Å²) in [4.78, 5) is 26.5. The zero-order valence-corrected chi connectivity index (χ0v) is 17.1. The summed E-state index contributed by atoms with van der Waals surface area (Å²) in [6, 6.07) is 14.4. The first-order valence-corrected chi connectivity index (χ1v) is 9.50. The number of carbonyl (C=O) groups excluding carboxylic acids is 2. The number of nitrogens with zero attached hydrogens (tertiary/aromatic N) is 1. The molecule has 0 bridgehead atoms. The van der Waals surface area contributed by atoms with E-state index in [-0.39, 0.29) is 30.9 Å². The first-order chi connectivity index (χ1) is 13.4. The van der Waals surface area contributed by atoms with Gasteiger partial charge in [0.2, 0.25) is 11.8 Å². The van der Waals surface area contributed by atoms with Crippen molar-refractivity contribution in [3.05, 3.63) is 59.1 Å². The minimum atomic E-state index is -0.206. The number of amides is 2. The largest absolute Gasteiger partial charge is 0.495 e. The Hall–Kier alpha value is -2.57. The molecule has 2 rings (SSSR count). The molecule has 0 aliphatic heterocycles. The van der Waals surface area contributed by atoms with Crippen LogP contribution >= 0.6 is 11.6 Å². The summed E-state index contributed by atoms with van der Waals surface area (Å²) in [7, 11) is 1.55. The van der Waals surface area contributed by atoms with Crippen LogP contribution in [0.5, 0.6) is 5.75 Å². The fourth-order valence-corrected chi connectivity index (χ4v) is 2.97. The summed E-state index contributed by atoms with van der Waals surface area (Å²) in [5, 5.41) is 6.39. The Bertz CT molecular complexity index is 813. The number of ether oxygens (including phenoxy) is 1. The molecule has 2 amide bonds. The predicted molar refractivity (Wildman–Crippen MR) is 112 cm³/mol. The van der Waals surface area contributed by atoms with Gasteiger partial charge < -0.3 is 15.4 Å². The summed E-state index contributed by atoms with van der Waals surface area (Å²) >= 11 is 6.00. The van der Waals surface area contributed by atoms with E-state index in [1.807, 2.05) is 44.2 Å². The van der Waals surface area contributed by atoms with Gasteiger partial charge >= 0.3 is 0 Å². The molecule has 0 heterocycles. The van der Waals surface area contributed by atoms with Gasteiger partial charge in [0, 0.05) is 5.02 Å². The average Bonchev–Trinajstić information content (AvgIpc) is 2.67. The van der Waals surface area contributed by atoms with E-state index in [2.05, 4.69) is 10.6 Å². The Morgan fingerprint density at radius 2 is 1.82 bits per heavy atom. The van der Waals surface area contributed by atoms with Crippen LogP contribution in [0.4, 0.5) is 5.69 Å². The van der Waals surface area contributed by atoms with E-state index in [4.69, 9.17) is 16.3 Å². The zero-order valence-electron chi connectivity index (χ0n) is 16.4. The molecule has 28 heavy (non-hydrogen) atoms. The number of hydrogen-bond acceptors (Lipinski definition) is 4. The summed E-state index contributed by atoms with van der Waals surface area (Å²) in [6.07, 6.45) is 0. The molecule has 0 saturated carbocycles. The van der Waals surface area contributed by atoms with Gasteiger partial charge in [-0.1, -0.05) is 42.8 Å². The molecule has 0 aromatic heterocycles. The van der Waals surface area contributed by atoms with Crippen molar-refractivity contribution >= 4 is 29.1 Å². The number of carbonyl (C=O) groups is 2. The maximum absolute atomic E-state index is 12.4. The number of hydrogen-bond donors (Lipinski definition) is 2. The van der Waals surface area contributed by atoms with Crippen LogP contribution in [0.1, 0.15) is 25.5 Å². The third-order valence-electron chi connectivity index (χ3n) is 4.29. The van der Waals surface area contributed by atoms with E-state index in [0.717, 1.165) is 5.56 Å². The van der Waals surface area contributed by atoms with E-state index < -0.39 is 0 Å². The second kappa shape index (κ2) is 10.7. The second-order valence-corrected chi connectivity index (χ2v) is 6.83. The van der Waals surface area contributed by atoms with Crippen LogP contribution in [0.15, 0.2) is 48.5 Å². The molecule has 6 nitrogen and oxygen atoms in total. The van der Waals surface area contributed by atoms with Crippen molar-refractivity contribution in [2.24, 2.45) is 0 Å². The maximum atomic E-state index is 12.4. The molecule has 0 aliphatic carbocycles. The number of halogens is 1. The SMILES string of the molecule is CCN(CC(=O)Nc1ccccc1OC)CC(=O)N[C@@H](C)c1cccc(Cl)c1. The van der Waals surface area contributed by atoms with Gasteiger partial charge in [-0.3, -0.25) is 14.5 Å². The minimum Gasteiger partial charge on any atom is -0.495 e. The fourth-order valence-electron chi connectivity index (χ4n) is 2.77. The number of para-hydroxylation sites is 2. The molecule has 7 heteroatoms. The molecular weight excluding hydrogens is 378 g/mol. The lowest BCUT2D eigenvalue weighted by atomic mass is 10.1. The first-order valence-electron chi connectivity index (χ1n) is 9.13. The molecule has 150 valence electrons. The molecule has 0 fully saturated rings. The molecule has 0 aliphatic rings. The molecule has 0 unspecified atom stereocenters. The number of benzene rings is 2. The number of likely N-dealkylation sites (N-methyl/N-ethyl adjacent to an activating group) is 1. The third kappa shape index (κ3) is 6.55. The number of rotatable bonds is 9. The van der Waals surface area contributed by atoms with Crippen LogP contribution in [0.2, 0.25) is 5.02 Å². The van der Waals surface area contributed by atoms with Crippen LogP contribution in [0.3, 0.4) is 0 Å². The van der Waals surface area contributed by atoms with Crippen LogP contribution in [0.25, 0.3) is 0 Å². The molecule has 2 aromatic rings. The van der Waals surface area contributed by atoms with Gasteiger partial charge in [-0.2, -0.15) is 0 Å². The van der Waals surface area contributed by atoms with E-state index >= 15 is 0 Å². The number of nitrogens with one attached hydrogen (secondary N) is 2. The van der Waals surface area contributed by atoms with E-state index in [1.165, 1.54) is 0 Å². The third-order valence-corrected chi connectivity index (χ3v) is 4.52. The first kappa shape index (κ1) is 21.7. The van der Waals surface area contributed by atoms with Crippen LogP contribution in [-0.2, 0) is 9.59 Å². The average molecular weight is 404 g/mol. The second-order valence-electron chi connectivity index (χ2n) is 6.40. The standard InChI is InChI=1S/C21H26ClN3O3/c1-4-25(14-21(27)24-18-10-5-6-11-19(18)28-3)13-20(26)23-15(2)16-8-7-9-17(22)12-16/h5-12,15H,4,13-14H2,1-3H3,(H,23,26)(H,24,27)/t15-/m0/s1. The van der Waals surface area contributed by atoms with Gasteiger partial charge in [0.25, 0.3) is 0 Å². The quantitative estimate of drug-likeness (QED) is 0.672. The van der Waals surface area contributed by atoms with Crippen molar-refractivity contribution in [3.63, 3.8) is 0 Å². The monoisotopic (exact) mass is 403 g/mol. The highest BCUT2D eigenvalue weighted by Crippen LogP contribution is 2.22. The lowest BCUT2D eigenvalue weighted by Crippen LogP contribution is -2.41. The van der Waals surface area contributed by atoms with E-state index in [1.54, 1.807) is 30.2 Å². The van der Waals surface area contributed by atoms with Gasteiger partial charge in [-0.15, -0.1) is 0 Å². The Morgan fingerprint density at radius 3 is 2.50 bits per heavy atom. The van der Waals surface area contributed by atoms with Crippen LogP contribution in [0, 0.1) is 0 Å². The molecular formula is C21H26ClN3O3. The molecule has 0 radical (unpaired) electrons. The number of methoxy groups -OCH3 is 1. The summed E-state index contributed by atoms with van der Waals surface area (Å²) in [5.41, 5.74) is 1.53. The number of anilines is 1. The van der Waals surface area contributed by atoms with Crippen molar-refractivity contribution < 1.29 is 14.3 Å². The fraction of sp³-hybridized carbons (Fsp3) is 0.333. The normalized spacial score (nSPS) is 11.8.